The maximum Gasteiger partial charge on any atom is 0.352 e. The highest BCUT2D eigenvalue weighted by atomic mass is 16.6. The third kappa shape index (κ3) is 6.79. The predicted octanol–water partition coefficient (Wildman–Crippen LogP) is 3.45. The molecule has 6 nitrogen and oxygen atoms in total. The Morgan fingerprint density at radius 3 is 2.24 bits per heavy atom. The van der Waals surface area contributed by atoms with Gasteiger partial charge in [0, 0.05) is 5.57 Å². The van der Waals surface area contributed by atoms with Gasteiger partial charge in [-0.05, 0) is 44.0 Å². The quantitative estimate of drug-likeness (QED) is 0.386. The molecule has 1 unspecified atom stereocenters. The molecule has 1 aromatic carbocycles. The summed E-state index contributed by atoms with van der Waals surface area (Å²) in [5, 5.41) is 0. The summed E-state index contributed by atoms with van der Waals surface area (Å²) in [7, 11) is 0. The average molecular weight is 348 g/mol. The van der Waals surface area contributed by atoms with E-state index in [4.69, 9.17) is 14.2 Å². The standard InChI is InChI=1S/C19H24O6/c1-5-7-16(25-17(20)13(3)4)19(22)24-15-10-8-14(9-11-15)18(21)23-12-6-2/h8-11,16H,3,5-7,12H2,1-2,4H3. The van der Waals surface area contributed by atoms with E-state index in [0.29, 0.717) is 25.0 Å². The first-order valence-corrected chi connectivity index (χ1v) is 8.24. The Morgan fingerprint density at radius 1 is 1.08 bits per heavy atom. The summed E-state index contributed by atoms with van der Waals surface area (Å²) in [6.45, 7) is 9.12. The largest absolute Gasteiger partial charge is 0.462 e. The van der Waals surface area contributed by atoms with Crippen molar-refractivity contribution in [3.8, 4) is 5.75 Å². The van der Waals surface area contributed by atoms with E-state index in [1.54, 1.807) is 0 Å². The second-order valence-corrected chi connectivity index (χ2v) is 5.54. The molecule has 0 radical (unpaired) electrons. The number of benzene rings is 1. The molecule has 0 saturated heterocycles. The summed E-state index contributed by atoms with van der Waals surface area (Å²) in [5.74, 6) is -1.48. The first kappa shape index (κ1) is 20.4. The molecule has 0 aliphatic carbocycles. The highest BCUT2D eigenvalue weighted by molar-refractivity contribution is 5.90. The van der Waals surface area contributed by atoms with Crippen LogP contribution in [0.15, 0.2) is 36.4 Å². The smallest absolute Gasteiger partial charge is 0.352 e. The van der Waals surface area contributed by atoms with Crippen molar-refractivity contribution in [2.24, 2.45) is 0 Å². The van der Waals surface area contributed by atoms with E-state index in [1.807, 2.05) is 13.8 Å². The Kier molecular flexibility index (Phi) is 8.39. The molecule has 0 aliphatic heterocycles. The molecule has 1 aromatic rings. The summed E-state index contributed by atoms with van der Waals surface area (Å²) in [6.07, 6.45) is 0.733. The third-order valence-electron chi connectivity index (χ3n) is 3.16. The van der Waals surface area contributed by atoms with Gasteiger partial charge >= 0.3 is 17.9 Å². The minimum Gasteiger partial charge on any atom is -0.462 e. The Bertz CT molecular complexity index is 617. The normalized spacial score (nSPS) is 11.3. The van der Waals surface area contributed by atoms with Gasteiger partial charge in [0.15, 0.2) is 6.10 Å². The second kappa shape index (κ2) is 10.3. The van der Waals surface area contributed by atoms with E-state index in [-0.39, 0.29) is 11.3 Å². The highest BCUT2D eigenvalue weighted by Crippen LogP contribution is 2.16. The number of hydrogen-bond donors (Lipinski definition) is 0. The first-order valence-electron chi connectivity index (χ1n) is 8.24. The monoisotopic (exact) mass is 348 g/mol. The number of ether oxygens (including phenoxy) is 3. The van der Waals surface area contributed by atoms with E-state index in [2.05, 4.69) is 6.58 Å². The number of rotatable bonds is 9. The van der Waals surface area contributed by atoms with Crippen LogP contribution in [-0.4, -0.2) is 30.6 Å². The van der Waals surface area contributed by atoms with Crippen molar-refractivity contribution in [3.63, 3.8) is 0 Å². The Balaban J connectivity index is 2.71. The van der Waals surface area contributed by atoms with Crippen LogP contribution < -0.4 is 4.74 Å². The summed E-state index contributed by atoms with van der Waals surface area (Å²) >= 11 is 0. The average Bonchev–Trinajstić information content (AvgIpc) is 2.59. The summed E-state index contributed by atoms with van der Waals surface area (Å²) in [6, 6.07) is 6.00. The zero-order valence-corrected chi connectivity index (χ0v) is 14.9. The lowest BCUT2D eigenvalue weighted by Crippen LogP contribution is -2.31. The molecule has 1 rings (SSSR count). The van der Waals surface area contributed by atoms with Gasteiger partial charge < -0.3 is 14.2 Å². The highest BCUT2D eigenvalue weighted by Gasteiger charge is 2.24. The van der Waals surface area contributed by atoms with Gasteiger partial charge in [0.25, 0.3) is 0 Å². The van der Waals surface area contributed by atoms with Gasteiger partial charge in [-0.15, -0.1) is 0 Å². The van der Waals surface area contributed by atoms with E-state index in [0.717, 1.165) is 6.42 Å². The fourth-order valence-corrected chi connectivity index (χ4v) is 1.84. The van der Waals surface area contributed by atoms with Crippen LogP contribution in [0, 0.1) is 0 Å². The zero-order valence-electron chi connectivity index (χ0n) is 14.9. The molecule has 0 aliphatic rings. The van der Waals surface area contributed by atoms with Crippen LogP contribution in [0.2, 0.25) is 0 Å². The fraction of sp³-hybridized carbons (Fsp3) is 0.421. The minimum absolute atomic E-state index is 0.212. The molecular weight excluding hydrogens is 324 g/mol. The lowest BCUT2D eigenvalue weighted by Gasteiger charge is -2.16. The van der Waals surface area contributed by atoms with Gasteiger partial charge in [0.1, 0.15) is 5.75 Å². The number of esters is 3. The summed E-state index contributed by atoms with van der Waals surface area (Å²) < 4.78 is 15.4. The van der Waals surface area contributed by atoms with Crippen molar-refractivity contribution in [2.45, 2.75) is 46.1 Å². The molecule has 0 N–H and O–H groups in total. The van der Waals surface area contributed by atoms with Gasteiger partial charge in [-0.3, -0.25) is 0 Å². The van der Waals surface area contributed by atoms with E-state index < -0.39 is 24.0 Å². The zero-order chi connectivity index (χ0) is 18.8. The topological polar surface area (TPSA) is 78.9 Å². The maximum absolute atomic E-state index is 12.2. The fourth-order valence-electron chi connectivity index (χ4n) is 1.84. The Morgan fingerprint density at radius 2 is 1.72 bits per heavy atom. The number of carbonyl (C=O) groups is 3. The van der Waals surface area contributed by atoms with Crippen molar-refractivity contribution in [2.75, 3.05) is 6.61 Å². The molecule has 0 saturated carbocycles. The van der Waals surface area contributed by atoms with Crippen LogP contribution >= 0.6 is 0 Å². The van der Waals surface area contributed by atoms with Gasteiger partial charge in [-0.2, -0.15) is 0 Å². The molecule has 0 bridgehead atoms. The van der Waals surface area contributed by atoms with Gasteiger partial charge in [-0.25, -0.2) is 14.4 Å². The summed E-state index contributed by atoms with van der Waals surface area (Å²) in [5.41, 5.74) is 0.580. The van der Waals surface area contributed by atoms with Crippen LogP contribution in [0.1, 0.15) is 50.4 Å². The third-order valence-corrected chi connectivity index (χ3v) is 3.16. The van der Waals surface area contributed by atoms with E-state index >= 15 is 0 Å². The molecule has 6 heteroatoms. The minimum atomic E-state index is -0.997. The molecular formula is C19H24O6. The van der Waals surface area contributed by atoms with Gasteiger partial charge in [0.2, 0.25) is 0 Å². The Labute approximate surface area is 147 Å². The van der Waals surface area contributed by atoms with Crippen LogP contribution in [0.5, 0.6) is 5.75 Å². The molecule has 0 amide bonds. The molecule has 0 aromatic heterocycles. The van der Waals surface area contributed by atoms with E-state index in [9.17, 15) is 14.4 Å². The lowest BCUT2D eigenvalue weighted by molar-refractivity contribution is -0.159. The van der Waals surface area contributed by atoms with Crippen LogP contribution in [-0.2, 0) is 19.1 Å². The van der Waals surface area contributed by atoms with Crippen molar-refractivity contribution in [1.82, 2.24) is 0 Å². The van der Waals surface area contributed by atoms with Crippen LogP contribution in [0.3, 0.4) is 0 Å². The maximum atomic E-state index is 12.2. The van der Waals surface area contributed by atoms with Gasteiger partial charge in [-0.1, -0.05) is 26.8 Å². The molecule has 0 spiro atoms. The van der Waals surface area contributed by atoms with Crippen molar-refractivity contribution < 1.29 is 28.6 Å². The van der Waals surface area contributed by atoms with Crippen LogP contribution in [0.4, 0.5) is 0 Å². The number of hydrogen-bond acceptors (Lipinski definition) is 6. The van der Waals surface area contributed by atoms with Crippen molar-refractivity contribution >= 4 is 17.9 Å². The summed E-state index contributed by atoms with van der Waals surface area (Å²) in [4.78, 5) is 35.5. The molecule has 136 valence electrons. The van der Waals surface area contributed by atoms with Gasteiger partial charge in [0.05, 0.1) is 12.2 Å². The second-order valence-electron chi connectivity index (χ2n) is 5.54. The van der Waals surface area contributed by atoms with Crippen LogP contribution in [0.25, 0.3) is 0 Å². The molecule has 0 fully saturated rings. The van der Waals surface area contributed by atoms with Crippen molar-refractivity contribution in [1.29, 1.82) is 0 Å². The number of carbonyl (C=O) groups excluding carboxylic acids is 3. The SMILES string of the molecule is C=C(C)C(=O)OC(CCC)C(=O)Oc1ccc(C(=O)OCCC)cc1. The van der Waals surface area contributed by atoms with Crippen molar-refractivity contribution in [3.05, 3.63) is 42.0 Å². The Hall–Kier alpha value is -2.63. The molecule has 1 atom stereocenters. The predicted molar refractivity (Wildman–Crippen MR) is 92.3 cm³/mol. The lowest BCUT2D eigenvalue weighted by atomic mass is 10.2. The molecule has 25 heavy (non-hydrogen) atoms. The molecule has 0 heterocycles. The van der Waals surface area contributed by atoms with E-state index in [1.165, 1.54) is 31.2 Å². The first-order chi connectivity index (χ1) is 11.9.